The second-order valence-corrected chi connectivity index (χ2v) is 8.25. The van der Waals surface area contributed by atoms with E-state index >= 15 is 0 Å². The zero-order chi connectivity index (χ0) is 20.7. The molecule has 1 aromatic rings. The van der Waals surface area contributed by atoms with Gasteiger partial charge in [-0.05, 0) is 58.5 Å². The maximum absolute atomic E-state index is 5.28. The van der Waals surface area contributed by atoms with Gasteiger partial charge in [0.25, 0.3) is 0 Å². The molecular weight excluding hydrogens is 350 g/mol. The summed E-state index contributed by atoms with van der Waals surface area (Å²) in [5.41, 5.74) is 1.24. The predicted octanol–water partition coefficient (Wildman–Crippen LogP) is 2.58. The summed E-state index contributed by atoms with van der Waals surface area (Å²) in [5.74, 6) is 2.40. The first kappa shape index (κ1) is 22.5. The Labute approximate surface area is 171 Å². The number of aliphatic imine (C=N–C) groups is 1. The van der Waals surface area contributed by atoms with Crippen LogP contribution in [-0.4, -0.2) is 75.2 Å². The molecule has 0 bridgehead atoms. The molecule has 0 radical (unpaired) electrons. The number of hydrogen-bond donors (Lipinski definition) is 2. The zero-order valence-corrected chi connectivity index (χ0v) is 18.7. The SMILES string of the molecule is CCNC(=NCC(c1ccc(OC)cc1)N(C)C)NC1CN(C(C)C)CC1C. The van der Waals surface area contributed by atoms with Crippen molar-refractivity contribution in [2.24, 2.45) is 10.9 Å². The molecule has 3 atom stereocenters. The molecule has 1 aliphatic heterocycles. The minimum Gasteiger partial charge on any atom is -0.497 e. The molecule has 0 amide bonds. The van der Waals surface area contributed by atoms with E-state index in [2.05, 4.69) is 74.4 Å². The molecule has 3 unspecified atom stereocenters. The molecule has 1 aliphatic rings. The van der Waals surface area contributed by atoms with Crippen molar-refractivity contribution in [3.8, 4) is 5.75 Å². The van der Waals surface area contributed by atoms with Gasteiger partial charge in [-0.15, -0.1) is 0 Å². The van der Waals surface area contributed by atoms with Gasteiger partial charge in [0, 0.05) is 31.7 Å². The van der Waals surface area contributed by atoms with E-state index in [1.807, 2.05) is 12.1 Å². The molecule has 1 fully saturated rings. The van der Waals surface area contributed by atoms with Crippen molar-refractivity contribution in [1.82, 2.24) is 20.4 Å². The largest absolute Gasteiger partial charge is 0.497 e. The Kier molecular flexibility index (Phi) is 8.58. The highest BCUT2D eigenvalue weighted by Crippen LogP contribution is 2.22. The molecule has 0 aromatic heterocycles. The highest BCUT2D eigenvalue weighted by Gasteiger charge is 2.31. The lowest BCUT2D eigenvalue weighted by Crippen LogP contribution is -2.47. The fraction of sp³-hybridized carbons (Fsp3) is 0.682. The minimum atomic E-state index is 0.217. The number of nitrogens with one attached hydrogen (secondary N) is 2. The highest BCUT2D eigenvalue weighted by molar-refractivity contribution is 5.80. The van der Waals surface area contributed by atoms with Gasteiger partial charge in [-0.1, -0.05) is 19.1 Å². The number of hydrogen-bond acceptors (Lipinski definition) is 4. The predicted molar refractivity (Wildman–Crippen MR) is 118 cm³/mol. The quantitative estimate of drug-likeness (QED) is 0.529. The molecule has 158 valence electrons. The second kappa shape index (κ2) is 10.7. The van der Waals surface area contributed by atoms with Gasteiger partial charge in [-0.3, -0.25) is 9.89 Å². The van der Waals surface area contributed by atoms with E-state index in [-0.39, 0.29) is 6.04 Å². The summed E-state index contributed by atoms with van der Waals surface area (Å²) >= 11 is 0. The summed E-state index contributed by atoms with van der Waals surface area (Å²) in [6.45, 7) is 12.7. The van der Waals surface area contributed by atoms with Crippen LogP contribution in [0.3, 0.4) is 0 Å². The number of likely N-dealkylation sites (tertiary alicyclic amines) is 1. The molecular formula is C22H39N5O. The van der Waals surface area contributed by atoms with Gasteiger partial charge in [-0.2, -0.15) is 0 Å². The first-order chi connectivity index (χ1) is 13.3. The third kappa shape index (κ3) is 6.11. The number of nitrogens with zero attached hydrogens (tertiary/aromatic N) is 3. The summed E-state index contributed by atoms with van der Waals surface area (Å²) in [5, 5.41) is 7.09. The molecule has 6 nitrogen and oxygen atoms in total. The van der Waals surface area contributed by atoms with Crippen LogP contribution in [0.15, 0.2) is 29.3 Å². The van der Waals surface area contributed by atoms with Crippen molar-refractivity contribution in [3.05, 3.63) is 29.8 Å². The van der Waals surface area contributed by atoms with Crippen LogP contribution in [0.2, 0.25) is 0 Å². The van der Waals surface area contributed by atoms with Crippen molar-refractivity contribution < 1.29 is 4.74 Å². The van der Waals surface area contributed by atoms with Gasteiger partial charge in [-0.25, -0.2) is 0 Å². The van der Waals surface area contributed by atoms with Crippen LogP contribution in [-0.2, 0) is 0 Å². The smallest absolute Gasteiger partial charge is 0.191 e. The zero-order valence-electron chi connectivity index (χ0n) is 18.7. The monoisotopic (exact) mass is 389 g/mol. The summed E-state index contributed by atoms with van der Waals surface area (Å²) in [6.07, 6.45) is 0. The molecule has 1 saturated heterocycles. The molecule has 28 heavy (non-hydrogen) atoms. The number of likely N-dealkylation sites (N-methyl/N-ethyl adjacent to an activating group) is 1. The van der Waals surface area contributed by atoms with Crippen LogP contribution in [0, 0.1) is 5.92 Å². The van der Waals surface area contributed by atoms with Gasteiger partial charge in [0.15, 0.2) is 5.96 Å². The Morgan fingerprint density at radius 3 is 2.43 bits per heavy atom. The van der Waals surface area contributed by atoms with Crippen LogP contribution in [0.4, 0.5) is 0 Å². The van der Waals surface area contributed by atoms with E-state index < -0.39 is 0 Å². The van der Waals surface area contributed by atoms with Crippen molar-refractivity contribution >= 4 is 5.96 Å². The Morgan fingerprint density at radius 2 is 1.93 bits per heavy atom. The normalized spacial score (nSPS) is 22.0. The number of benzene rings is 1. The Bertz CT molecular complexity index is 614. The fourth-order valence-electron chi connectivity index (χ4n) is 3.68. The first-order valence-electron chi connectivity index (χ1n) is 10.4. The average Bonchev–Trinajstić information content (AvgIpc) is 3.03. The van der Waals surface area contributed by atoms with Gasteiger partial charge in [0.05, 0.1) is 19.7 Å². The van der Waals surface area contributed by atoms with Gasteiger partial charge >= 0.3 is 0 Å². The number of methoxy groups -OCH3 is 1. The van der Waals surface area contributed by atoms with E-state index in [9.17, 15) is 0 Å². The minimum absolute atomic E-state index is 0.217. The van der Waals surface area contributed by atoms with E-state index in [4.69, 9.17) is 9.73 Å². The second-order valence-electron chi connectivity index (χ2n) is 8.25. The van der Waals surface area contributed by atoms with Crippen molar-refractivity contribution in [2.75, 3.05) is 47.4 Å². The van der Waals surface area contributed by atoms with Gasteiger partial charge < -0.3 is 20.3 Å². The van der Waals surface area contributed by atoms with E-state index in [0.717, 1.165) is 31.3 Å². The van der Waals surface area contributed by atoms with Gasteiger partial charge in [0.2, 0.25) is 0 Å². The molecule has 2 N–H and O–H groups in total. The fourth-order valence-corrected chi connectivity index (χ4v) is 3.68. The first-order valence-corrected chi connectivity index (χ1v) is 10.4. The Hall–Kier alpha value is -1.79. The summed E-state index contributed by atoms with van der Waals surface area (Å²) < 4.78 is 5.28. The van der Waals surface area contributed by atoms with Crippen molar-refractivity contribution in [1.29, 1.82) is 0 Å². The van der Waals surface area contributed by atoms with Gasteiger partial charge in [0.1, 0.15) is 5.75 Å². The van der Waals surface area contributed by atoms with Crippen LogP contribution in [0.1, 0.15) is 39.3 Å². The molecule has 6 heteroatoms. The highest BCUT2D eigenvalue weighted by atomic mass is 16.5. The Balaban J connectivity index is 2.08. The molecule has 1 aromatic carbocycles. The number of guanidine groups is 1. The average molecular weight is 390 g/mol. The lowest BCUT2D eigenvalue weighted by molar-refractivity contribution is 0.265. The standard InChI is InChI=1S/C22H39N5O/c1-8-23-22(25-20-15-27(16(2)3)14-17(20)4)24-13-21(26(5)6)18-9-11-19(28-7)12-10-18/h9-12,16-17,20-21H,8,13-15H2,1-7H3,(H2,23,24,25). The lowest BCUT2D eigenvalue weighted by Gasteiger charge is -2.25. The van der Waals surface area contributed by atoms with Crippen LogP contribution in [0.25, 0.3) is 0 Å². The molecule has 0 saturated carbocycles. The maximum atomic E-state index is 5.28. The maximum Gasteiger partial charge on any atom is 0.191 e. The third-order valence-electron chi connectivity index (χ3n) is 5.58. The van der Waals surface area contributed by atoms with Crippen LogP contribution in [0.5, 0.6) is 5.75 Å². The van der Waals surface area contributed by atoms with Crippen molar-refractivity contribution in [2.45, 2.75) is 45.8 Å². The summed E-state index contributed by atoms with van der Waals surface area (Å²) in [4.78, 5) is 9.67. The van der Waals surface area contributed by atoms with Crippen LogP contribution < -0.4 is 15.4 Å². The van der Waals surface area contributed by atoms with Crippen LogP contribution >= 0.6 is 0 Å². The molecule has 2 rings (SSSR count). The summed E-state index contributed by atoms with van der Waals surface area (Å²) in [7, 11) is 5.90. The number of rotatable bonds is 8. The molecule has 0 spiro atoms. The summed E-state index contributed by atoms with van der Waals surface area (Å²) in [6, 6.07) is 9.51. The van der Waals surface area contributed by atoms with Crippen molar-refractivity contribution in [3.63, 3.8) is 0 Å². The van der Waals surface area contributed by atoms with E-state index in [1.54, 1.807) is 7.11 Å². The molecule has 0 aliphatic carbocycles. The topological polar surface area (TPSA) is 52.1 Å². The Morgan fingerprint density at radius 1 is 1.25 bits per heavy atom. The molecule has 1 heterocycles. The number of ether oxygens (including phenoxy) is 1. The van der Waals surface area contributed by atoms with E-state index in [0.29, 0.717) is 24.5 Å². The third-order valence-corrected chi connectivity index (χ3v) is 5.58. The van der Waals surface area contributed by atoms with E-state index in [1.165, 1.54) is 5.56 Å². The lowest BCUT2D eigenvalue weighted by atomic mass is 10.1.